The summed E-state index contributed by atoms with van der Waals surface area (Å²) in [4.78, 5) is 0. The average Bonchev–Trinajstić information content (AvgIpc) is 2.61. The minimum atomic E-state index is 0.513. The van der Waals surface area contributed by atoms with Crippen molar-refractivity contribution >= 4 is 0 Å². The number of rotatable bonds is 10. The molecule has 0 saturated carbocycles. The number of aryl methyl sites for hydroxylation is 1. The molecule has 0 unspecified atom stereocenters. The Hall–Kier alpha value is -2.04. The first-order chi connectivity index (χ1) is 11.8. The second kappa shape index (κ2) is 9.96. The summed E-state index contributed by atoms with van der Waals surface area (Å²) in [6.45, 7) is 7.43. The highest BCUT2D eigenvalue weighted by molar-refractivity contribution is 5.46. The molecule has 0 aliphatic rings. The minimum absolute atomic E-state index is 0.513. The Bertz CT molecular complexity index is 628. The van der Waals surface area contributed by atoms with Crippen molar-refractivity contribution in [1.82, 2.24) is 5.32 Å². The third-order valence-corrected chi connectivity index (χ3v) is 3.85. The maximum absolute atomic E-state index is 5.90. The molecule has 0 aliphatic carbocycles. The largest absolute Gasteiger partial charge is 0.493 e. The molecule has 0 spiro atoms. The molecule has 0 heterocycles. The van der Waals surface area contributed by atoms with E-state index in [1.165, 1.54) is 11.1 Å². The summed E-state index contributed by atoms with van der Waals surface area (Å²) < 4.78 is 16.7. The molecule has 4 nitrogen and oxygen atoms in total. The van der Waals surface area contributed by atoms with Crippen LogP contribution in [0, 0.1) is 6.92 Å². The van der Waals surface area contributed by atoms with Crippen molar-refractivity contribution in [3.05, 3.63) is 59.2 Å². The van der Waals surface area contributed by atoms with Crippen molar-refractivity contribution in [2.75, 3.05) is 26.9 Å². The fourth-order valence-corrected chi connectivity index (χ4v) is 2.51. The molecule has 4 heteroatoms. The number of hydrogen-bond acceptors (Lipinski definition) is 4. The normalized spacial score (nSPS) is 10.6. The van der Waals surface area contributed by atoms with Crippen LogP contribution < -0.4 is 14.8 Å². The smallest absolute Gasteiger partial charge is 0.165 e. The van der Waals surface area contributed by atoms with E-state index in [2.05, 4.69) is 42.6 Å². The van der Waals surface area contributed by atoms with E-state index in [1.807, 2.05) is 19.1 Å². The zero-order chi connectivity index (χ0) is 17.2. The van der Waals surface area contributed by atoms with Crippen LogP contribution in [0.25, 0.3) is 0 Å². The van der Waals surface area contributed by atoms with Crippen LogP contribution in [0.1, 0.15) is 23.6 Å². The average molecular weight is 329 g/mol. The molecule has 2 rings (SSSR count). The summed E-state index contributed by atoms with van der Waals surface area (Å²) in [6.07, 6.45) is 0. The Labute approximate surface area is 144 Å². The molecule has 0 amide bonds. The van der Waals surface area contributed by atoms with Gasteiger partial charge in [-0.15, -0.1) is 0 Å². The first-order valence-corrected chi connectivity index (χ1v) is 8.38. The molecule has 0 aromatic heterocycles. The number of methoxy groups -OCH3 is 1. The Morgan fingerprint density at radius 3 is 2.42 bits per heavy atom. The van der Waals surface area contributed by atoms with E-state index < -0.39 is 0 Å². The van der Waals surface area contributed by atoms with Crippen LogP contribution in [0.2, 0.25) is 0 Å². The molecule has 0 radical (unpaired) electrons. The van der Waals surface area contributed by atoms with Gasteiger partial charge in [0.05, 0.1) is 13.7 Å². The van der Waals surface area contributed by atoms with Crippen LogP contribution in [0.5, 0.6) is 11.5 Å². The lowest BCUT2D eigenvalue weighted by atomic mass is 10.1. The van der Waals surface area contributed by atoms with Crippen molar-refractivity contribution < 1.29 is 14.2 Å². The summed E-state index contributed by atoms with van der Waals surface area (Å²) in [5.41, 5.74) is 3.68. The molecule has 2 aromatic rings. The van der Waals surface area contributed by atoms with E-state index >= 15 is 0 Å². The van der Waals surface area contributed by atoms with Gasteiger partial charge in [-0.2, -0.15) is 0 Å². The molecule has 0 aliphatic heterocycles. The van der Waals surface area contributed by atoms with Crippen LogP contribution in [-0.2, 0) is 17.8 Å². The number of hydrogen-bond donors (Lipinski definition) is 1. The van der Waals surface area contributed by atoms with Gasteiger partial charge in [0.2, 0.25) is 0 Å². The van der Waals surface area contributed by atoms with Crippen molar-refractivity contribution in [1.29, 1.82) is 0 Å². The predicted molar refractivity (Wildman–Crippen MR) is 96.7 cm³/mol. The summed E-state index contributed by atoms with van der Waals surface area (Å²) in [5, 5.41) is 3.49. The highest BCUT2D eigenvalue weighted by atomic mass is 16.5. The molecule has 0 bridgehead atoms. The van der Waals surface area contributed by atoms with E-state index in [1.54, 1.807) is 7.11 Å². The first-order valence-electron chi connectivity index (χ1n) is 8.38. The van der Waals surface area contributed by atoms with Crippen molar-refractivity contribution in [2.45, 2.75) is 26.9 Å². The predicted octanol–water partition coefficient (Wildman–Crippen LogP) is 3.71. The maximum Gasteiger partial charge on any atom is 0.165 e. The van der Waals surface area contributed by atoms with Crippen LogP contribution in [0.3, 0.4) is 0 Å². The van der Waals surface area contributed by atoms with Crippen LogP contribution in [0.15, 0.2) is 42.5 Å². The van der Waals surface area contributed by atoms with Gasteiger partial charge in [0, 0.05) is 25.3 Å². The molecule has 0 saturated heterocycles. The van der Waals surface area contributed by atoms with Gasteiger partial charge in [-0.25, -0.2) is 0 Å². The summed E-state index contributed by atoms with van der Waals surface area (Å²) in [7, 11) is 1.66. The van der Waals surface area contributed by atoms with Gasteiger partial charge in [-0.1, -0.05) is 36.4 Å². The molecular weight excluding hydrogens is 302 g/mol. The van der Waals surface area contributed by atoms with Gasteiger partial charge >= 0.3 is 0 Å². The fraction of sp³-hybridized carbons (Fsp3) is 0.400. The van der Waals surface area contributed by atoms with E-state index in [0.717, 1.165) is 30.2 Å². The van der Waals surface area contributed by atoms with Crippen molar-refractivity contribution in [2.24, 2.45) is 0 Å². The quantitative estimate of drug-likeness (QED) is 0.675. The Morgan fingerprint density at radius 1 is 0.917 bits per heavy atom. The van der Waals surface area contributed by atoms with E-state index in [-0.39, 0.29) is 0 Å². The minimum Gasteiger partial charge on any atom is -0.493 e. The molecule has 0 atom stereocenters. The molecular formula is C20H27NO3. The van der Waals surface area contributed by atoms with Gasteiger partial charge in [0.1, 0.15) is 6.61 Å². The summed E-state index contributed by atoms with van der Waals surface area (Å²) in [5.74, 6) is 1.54. The SMILES string of the molecule is CCOCCOc1c(CNCc2ccccc2C)cccc1OC. The van der Waals surface area contributed by atoms with E-state index in [0.29, 0.717) is 19.8 Å². The highest BCUT2D eigenvalue weighted by Crippen LogP contribution is 2.31. The first kappa shape index (κ1) is 18.3. The van der Waals surface area contributed by atoms with Gasteiger partial charge < -0.3 is 19.5 Å². The molecule has 130 valence electrons. The van der Waals surface area contributed by atoms with E-state index in [4.69, 9.17) is 14.2 Å². The molecule has 1 N–H and O–H groups in total. The van der Waals surface area contributed by atoms with E-state index in [9.17, 15) is 0 Å². The lowest BCUT2D eigenvalue weighted by molar-refractivity contribution is 0.108. The second-order valence-electron chi connectivity index (χ2n) is 5.52. The van der Waals surface area contributed by atoms with Crippen LogP contribution >= 0.6 is 0 Å². The lowest BCUT2D eigenvalue weighted by Gasteiger charge is -2.16. The van der Waals surface area contributed by atoms with Gasteiger partial charge in [0.25, 0.3) is 0 Å². The highest BCUT2D eigenvalue weighted by Gasteiger charge is 2.10. The van der Waals surface area contributed by atoms with Gasteiger partial charge in [-0.3, -0.25) is 0 Å². The zero-order valence-electron chi connectivity index (χ0n) is 14.8. The monoisotopic (exact) mass is 329 g/mol. The zero-order valence-corrected chi connectivity index (χ0v) is 14.8. The number of ether oxygens (including phenoxy) is 3. The third-order valence-electron chi connectivity index (χ3n) is 3.85. The maximum atomic E-state index is 5.90. The molecule has 24 heavy (non-hydrogen) atoms. The Morgan fingerprint density at radius 2 is 1.67 bits per heavy atom. The summed E-state index contributed by atoms with van der Waals surface area (Å²) >= 11 is 0. The van der Waals surface area contributed by atoms with Crippen molar-refractivity contribution in [3.8, 4) is 11.5 Å². The lowest BCUT2D eigenvalue weighted by Crippen LogP contribution is -2.15. The van der Waals surface area contributed by atoms with Crippen LogP contribution in [-0.4, -0.2) is 26.9 Å². The number of nitrogens with one attached hydrogen (secondary N) is 1. The molecule has 0 fully saturated rings. The van der Waals surface area contributed by atoms with Gasteiger partial charge in [-0.05, 0) is 31.0 Å². The summed E-state index contributed by atoms with van der Waals surface area (Å²) in [6, 6.07) is 14.4. The second-order valence-corrected chi connectivity index (χ2v) is 5.52. The van der Waals surface area contributed by atoms with Crippen LogP contribution in [0.4, 0.5) is 0 Å². The topological polar surface area (TPSA) is 39.7 Å². The number of para-hydroxylation sites is 1. The Kier molecular flexibility index (Phi) is 7.59. The van der Waals surface area contributed by atoms with Gasteiger partial charge in [0.15, 0.2) is 11.5 Å². The fourth-order valence-electron chi connectivity index (χ4n) is 2.51. The standard InChI is InChI=1S/C20H27NO3/c1-4-23-12-13-24-20-18(10-7-11-19(20)22-3)15-21-14-17-9-6-5-8-16(17)2/h5-11,21H,4,12-15H2,1-3H3. The molecule has 2 aromatic carbocycles. The number of benzene rings is 2. The Balaban J connectivity index is 1.99. The van der Waals surface area contributed by atoms with Crippen molar-refractivity contribution in [3.63, 3.8) is 0 Å². The third kappa shape index (κ3) is 5.25.